The number of carbonyl (C=O) groups is 3. The zero-order chi connectivity index (χ0) is 22.8. The maximum Gasteiger partial charge on any atom is 0.229 e. The molecule has 5 N–H and O–H groups in total. The van der Waals surface area contributed by atoms with Crippen molar-refractivity contribution in [2.45, 2.75) is 25.8 Å². The maximum absolute atomic E-state index is 13.0. The van der Waals surface area contributed by atoms with Crippen LogP contribution in [0.2, 0.25) is 5.02 Å². The van der Waals surface area contributed by atoms with E-state index < -0.39 is 30.2 Å². The zero-order valence-electron chi connectivity index (χ0n) is 17.6. The molecule has 0 aliphatic carbocycles. The van der Waals surface area contributed by atoms with E-state index in [9.17, 15) is 14.4 Å². The molecule has 4 unspecified atom stereocenters. The molecule has 4 rings (SSSR count). The molecule has 2 aliphatic heterocycles. The number of fused-ring (bicyclic) bond motifs is 1. The number of piperidine rings is 1. The van der Waals surface area contributed by atoms with Crippen LogP contribution in [0.15, 0.2) is 42.5 Å². The fourth-order valence-corrected chi connectivity index (χ4v) is 4.24. The van der Waals surface area contributed by atoms with Crippen LogP contribution in [-0.2, 0) is 14.4 Å². The molecule has 4 atom stereocenters. The molecular weight excluding hydrogens is 434 g/mol. The Labute approximate surface area is 190 Å². The lowest BCUT2D eigenvalue weighted by atomic mass is 9.81. The Hall–Kier alpha value is -3.30. The number of anilines is 2. The molecule has 2 aliphatic rings. The number of aryl methyl sites for hydroxylation is 1. The first kappa shape index (κ1) is 21.9. The summed E-state index contributed by atoms with van der Waals surface area (Å²) in [5.41, 5.74) is 2.14. The van der Waals surface area contributed by atoms with E-state index in [4.69, 9.17) is 16.3 Å². The summed E-state index contributed by atoms with van der Waals surface area (Å²) in [4.78, 5) is 38.3. The highest BCUT2D eigenvalue weighted by Gasteiger charge is 2.48. The van der Waals surface area contributed by atoms with Gasteiger partial charge in [-0.05, 0) is 48.9 Å². The number of carbonyl (C=O) groups excluding carboxylic acids is 3. The lowest BCUT2D eigenvalue weighted by Crippen LogP contribution is -2.72. The molecule has 2 heterocycles. The molecule has 0 saturated carbocycles. The lowest BCUT2D eigenvalue weighted by Gasteiger charge is -2.43. The average molecular weight is 458 g/mol. The SMILES string of the molecule is COc1ccc(NC2NC(=O)C3C(NC(=O)CC3C(=O)Nc3ccc(C)cc3Cl)N2)cc1. The molecule has 168 valence electrons. The number of halogens is 1. The largest absolute Gasteiger partial charge is 0.497 e. The van der Waals surface area contributed by atoms with E-state index in [1.165, 1.54) is 0 Å². The summed E-state index contributed by atoms with van der Waals surface area (Å²) < 4.78 is 5.14. The highest BCUT2D eigenvalue weighted by molar-refractivity contribution is 6.33. The normalized spacial score (nSPS) is 24.6. The van der Waals surface area contributed by atoms with Crippen LogP contribution in [0.1, 0.15) is 12.0 Å². The summed E-state index contributed by atoms with van der Waals surface area (Å²) in [6.07, 6.45) is -1.43. The Morgan fingerprint density at radius 2 is 1.88 bits per heavy atom. The molecule has 0 spiro atoms. The third-order valence-corrected chi connectivity index (χ3v) is 5.88. The third kappa shape index (κ3) is 4.63. The van der Waals surface area contributed by atoms with E-state index in [2.05, 4.69) is 26.6 Å². The third-order valence-electron chi connectivity index (χ3n) is 5.57. The molecule has 0 aromatic heterocycles. The van der Waals surface area contributed by atoms with Gasteiger partial charge in [-0.15, -0.1) is 0 Å². The van der Waals surface area contributed by atoms with Crippen LogP contribution in [0, 0.1) is 18.8 Å². The first-order valence-corrected chi connectivity index (χ1v) is 10.6. The Kier molecular flexibility index (Phi) is 6.20. The van der Waals surface area contributed by atoms with Crippen molar-refractivity contribution in [3.63, 3.8) is 0 Å². The molecule has 10 heteroatoms. The van der Waals surface area contributed by atoms with Gasteiger partial charge >= 0.3 is 0 Å². The number of amides is 3. The highest BCUT2D eigenvalue weighted by Crippen LogP contribution is 2.30. The summed E-state index contributed by atoms with van der Waals surface area (Å²) >= 11 is 6.22. The van der Waals surface area contributed by atoms with Crippen LogP contribution in [0.4, 0.5) is 11.4 Å². The lowest BCUT2D eigenvalue weighted by molar-refractivity contribution is -0.144. The van der Waals surface area contributed by atoms with Crippen molar-refractivity contribution in [1.29, 1.82) is 0 Å². The molecule has 2 aromatic carbocycles. The molecule has 32 heavy (non-hydrogen) atoms. The molecular formula is C22H24ClN5O4. The van der Waals surface area contributed by atoms with Gasteiger partial charge in [-0.1, -0.05) is 17.7 Å². The summed E-state index contributed by atoms with van der Waals surface area (Å²) in [6, 6.07) is 12.4. The minimum Gasteiger partial charge on any atom is -0.497 e. The van der Waals surface area contributed by atoms with Crippen LogP contribution >= 0.6 is 11.6 Å². The zero-order valence-corrected chi connectivity index (χ0v) is 18.3. The molecule has 3 amide bonds. The number of hydrogen-bond acceptors (Lipinski definition) is 6. The van der Waals surface area contributed by atoms with Crippen LogP contribution < -0.4 is 31.3 Å². The van der Waals surface area contributed by atoms with Crippen molar-refractivity contribution >= 4 is 40.7 Å². The molecule has 0 bridgehead atoms. The Morgan fingerprint density at radius 1 is 1.12 bits per heavy atom. The number of nitrogens with one attached hydrogen (secondary N) is 5. The van der Waals surface area contributed by atoms with E-state index >= 15 is 0 Å². The smallest absolute Gasteiger partial charge is 0.229 e. The number of hydrogen-bond donors (Lipinski definition) is 5. The monoisotopic (exact) mass is 457 g/mol. The summed E-state index contributed by atoms with van der Waals surface area (Å²) in [5.74, 6) is -1.99. The minimum absolute atomic E-state index is 0.0951. The minimum atomic E-state index is -0.847. The second-order valence-corrected chi connectivity index (χ2v) is 8.24. The van der Waals surface area contributed by atoms with Crippen LogP contribution in [0.25, 0.3) is 0 Å². The standard InChI is InChI=1S/C22H24ClN5O4/c1-11-3-8-16(15(23)9-11)25-20(30)14-10-17(29)26-19-18(14)21(31)28-22(27-19)24-12-4-6-13(32-2)7-5-12/h3-9,14,18-19,22,24,27H,10H2,1-2H3,(H,25,30)(H,26,29)(H,28,31). The number of methoxy groups -OCH3 is 1. The predicted octanol–water partition coefficient (Wildman–Crippen LogP) is 1.79. The highest BCUT2D eigenvalue weighted by atomic mass is 35.5. The van der Waals surface area contributed by atoms with Crippen LogP contribution in [0.5, 0.6) is 5.75 Å². The van der Waals surface area contributed by atoms with Crippen LogP contribution in [-0.4, -0.2) is 37.3 Å². The van der Waals surface area contributed by atoms with Crippen molar-refractivity contribution < 1.29 is 19.1 Å². The van der Waals surface area contributed by atoms with Gasteiger partial charge in [-0.2, -0.15) is 0 Å². The number of benzene rings is 2. The van der Waals surface area contributed by atoms with E-state index in [0.29, 0.717) is 16.5 Å². The van der Waals surface area contributed by atoms with Gasteiger partial charge in [0.05, 0.1) is 35.8 Å². The summed E-state index contributed by atoms with van der Waals surface area (Å²) in [6.45, 7) is 1.89. The first-order chi connectivity index (χ1) is 15.3. The molecule has 2 saturated heterocycles. The van der Waals surface area contributed by atoms with Gasteiger partial charge in [-0.25, -0.2) is 0 Å². The van der Waals surface area contributed by atoms with E-state index in [1.54, 1.807) is 43.5 Å². The van der Waals surface area contributed by atoms with Crippen molar-refractivity contribution in [2.24, 2.45) is 11.8 Å². The maximum atomic E-state index is 13.0. The summed E-state index contributed by atoms with van der Waals surface area (Å²) in [7, 11) is 1.58. The van der Waals surface area contributed by atoms with Gasteiger partial charge in [0.25, 0.3) is 0 Å². The first-order valence-electron chi connectivity index (χ1n) is 10.2. The van der Waals surface area contributed by atoms with Gasteiger partial charge in [-0.3, -0.25) is 19.7 Å². The molecule has 2 aromatic rings. The fraction of sp³-hybridized carbons (Fsp3) is 0.318. The second-order valence-electron chi connectivity index (χ2n) is 7.84. The van der Waals surface area contributed by atoms with Gasteiger partial charge in [0, 0.05) is 12.1 Å². The summed E-state index contributed by atoms with van der Waals surface area (Å²) in [5, 5.41) is 15.0. The van der Waals surface area contributed by atoms with Gasteiger partial charge in [0.1, 0.15) is 5.75 Å². The second kappa shape index (κ2) is 9.05. The topological polar surface area (TPSA) is 121 Å². The Morgan fingerprint density at radius 3 is 2.56 bits per heavy atom. The van der Waals surface area contributed by atoms with Crippen molar-refractivity contribution in [1.82, 2.24) is 16.0 Å². The van der Waals surface area contributed by atoms with Crippen molar-refractivity contribution in [3.05, 3.63) is 53.1 Å². The van der Waals surface area contributed by atoms with Gasteiger partial charge < -0.3 is 26.0 Å². The number of rotatable bonds is 5. The number of ether oxygens (including phenoxy) is 1. The van der Waals surface area contributed by atoms with Crippen LogP contribution in [0.3, 0.4) is 0 Å². The average Bonchev–Trinajstić information content (AvgIpc) is 2.75. The Bertz CT molecular complexity index is 1050. The molecule has 0 radical (unpaired) electrons. The van der Waals surface area contributed by atoms with Gasteiger partial charge in [0.15, 0.2) is 6.29 Å². The molecule has 2 fully saturated rings. The Balaban J connectivity index is 1.47. The van der Waals surface area contributed by atoms with Crippen molar-refractivity contribution in [2.75, 3.05) is 17.7 Å². The molecule has 9 nitrogen and oxygen atoms in total. The quantitative estimate of drug-likeness (QED) is 0.467. The predicted molar refractivity (Wildman–Crippen MR) is 120 cm³/mol. The van der Waals surface area contributed by atoms with E-state index in [1.807, 2.05) is 13.0 Å². The van der Waals surface area contributed by atoms with E-state index in [0.717, 1.165) is 11.3 Å². The fourth-order valence-electron chi connectivity index (χ4n) is 3.95. The van der Waals surface area contributed by atoms with Gasteiger partial charge in [0.2, 0.25) is 17.7 Å². The van der Waals surface area contributed by atoms with Crippen molar-refractivity contribution in [3.8, 4) is 5.75 Å². The van der Waals surface area contributed by atoms with E-state index in [-0.39, 0.29) is 18.2 Å².